The number of hydrogen-bond donors (Lipinski definition) is 1. The molecule has 0 radical (unpaired) electrons. The summed E-state index contributed by atoms with van der Waals surface area (Å²) in [5.41, 5.74) is 0.627. The summed E-state index contributed by atoms with van der Waals surface area (Å²) in [5, 5.41) is 4.30. The summed E-state index contributed by atoms with van der Waals surface area (Å²) in [6.07, 6.45) is 0. The van der Waals surface area contributed by atoms with E-state index in [4.69, 9.17) is 0 Å². The van der Waals surface area contributed by atoms with Crippen molar-refractivity contribution in [3.05, 3.63) is 44.2 Å². The SMILES string of the molecule is CN(C)S(=O)(=O)c1ccsc1C(=O)Nc1ccc(I)cc1. The van der Waals surface area contributed by atoms with Crippen LogP contribution in [-0.2, 0) is 10.0 Å². The van der Waals surface area contributed by atoms with Crippen LogP contribution in [0.15, 0.2) is 40.6 Å². The molecular formula is C13H13IN2O3S2. The molecule has 0 saturated carbocycles. The largest absolute Gasteiger partial charge is 0.321 e. The van der Waals surface area contributed by atoms with E-state index in [-0.39, 0.29) is 9.77 Å². The van der Waals surface area contributed by atoms with Gasteiger partial charge in [-0.3, -0.25) is 4.79 Å². The predicted molar refractivity (Wildman–Crippen MR) is 92.3 cm³/mol. The molecular weight excluding hydrogens is 423 g/mol. The third kappa shape index (κ3) is 3.62. The minimum Gasteiger partial charge on any atom is -0.321 e. The van der Waals surface area contributed by atoms with Crippen LogP contribution >= 0.6 is 33.9 Å². The molecule has 8 heteroatoms. The zero-order valence-corrected chi connectivity index (χ0v) is 15.1. The topological polar surface area (TPSA) is 66.5 Å². The third-order valence-corrected chi connectivity index (χ3v) is 6.32. The number of rotatable bonds is 4. The number of anilines is 1. The molecule has 0 saturated heterocycles. The third-order valence-electron chi connectivity index (χ3n) is 2.70. The van der Waals surface area contributed by atoms with Gasteiger partial charge in [-0.2, -0.15) is 0 Å². The van der Waals surface area contributed by atoms with E-state index >= 15 is 0 Å². The summed E-state index contributed by atoms with van der Waals surface area (Å²) in [5.74, 6) is -0.424. The second kappa shape index (κ2) is 6.42. The van der Waals surface area contributed by atoms with Gasteiger partial charge in [0.25, 0.3) is 5.91 Å². The van der Waals surface area contributed by atoms with Gasteiger partial charge in [-0.25, -0.2) is 12.7 Å². The lowest BCUT2D eigenvalue weighted by molar-refractivity contribution is 0.102. The molecule has 1 aromatic carbocycles. The fraction of sp³-hybridized carbons (Fsp3) is 0.154. The second-order valence-electron chi connectivity index (χ2n) is 4.36. The Hall–Kier alpha value is -0.970. The average Bonchev–Trinajstić information content (AvgIpc) is 2.91. The predicted octanol–water partition coefficient (Wildman–Crippen LogP) is 2.86. The molecule has 1 heterocycles. The number of thiophene rings is 1. The Morgan fingerprint density at radius 2 is 1.81 bits per heavy atom. The summed E-state index contributed by atoms with van der Waals surface area (Å²) in [6, 6.07) is 8.72. The maximum Gasteiger partial charge on any atom is 0.267 e. The molecule has 1 aromatic heterocycles. The van der Waals surface area contributed by atoms with Crippen LogP contribution in [0, 0.1) is 3.57 Å². The number of hydrogen-bond acceptors (Lipinski definition) is 4. The summed E-state index contributed by atoms with van der Waals surface area (Å²) in [7, 11) is -0.750. The van der Waals surface area contributed by atoms with E-state index in [1.165, 1.54) is 20.2 Å². The number of halogens is 1. The zero-order valence-electron chi connectivity index (χ0n) is 11.3. The molecule has 2 aromatic rings. The lowest BCUT2D eigenvalue weighted by atomic mass is 10.3. The molecule has 0 aliphatic carbocycles. The van der Waals surface area contributed by atoms with Crippen LogP contribution < -0.4 is 5.32 Å². The summed E-state index contributed by atoms with van der Waals surface area (Å²) in [4.78, 5) is 12.5. The highest BCUT2D eigenvalue weighted by molar-refractivity contribution is 14.1. The van der Waals surface area contributed by atoms with Crippen molar-refractivity contribution in [3.63, 3.8) is 0 Å². The van der Waals surface area contributed by atoms with Crippen molar-refractivity contribution in [2.45, 2.75) is 4.90 Å². The maximum absolute atomic E-state index is 12.3. The van der Waals surface area contributed by atoms with Crippen molar-refractivity contribution in [1.82, 2.24) is 4.31 Å². The van der Waals surface area contributed by atoms with E-state index < -0.39 is 15.9 Å². The Morgan fingerprint density at radius 3 is 2.38 bits per heavy atom. The summed E-state index contributed by atoms with van der Waals surface area (Å²) >= 11 is 3.27. The number of benzene rings is 1. The number of nitrogens with zero attached hydrogens (tertiary/aromatic N) is 1. The number of carbonyl (C=O) groups is 1. The Balaban J connectivity index is 2.29. The lowest BCUT2D eigenvalue weighted by Crippen LogP contribution is -2.24. The monoisotopic (exact) mass is 436 g/mol. The van der Waals surface area contributed by atoms with Crippen LogP contribution in [0.25, 0.3) is 0 Å². The van der Waals surface area contributed by atoms with Gasteiger partial charge in [0.15, 0.2) is 0 Å². The van der Waals surface area contributed by atoms with Gasteiger partial charge < -0.3 is 5.32 Å². The maximum atomic E-state index is 12.3. The molecule has 0 aliphatic rings. The highest BCUT2D eigenvalue weighted by atomic mass is 127. The minimum absolute atomic E-state index is 0.0283. The van der Waals surface area contributed by atoms with Gasteiger partial charge in [0.1, 0.15) is 9.77 Å². The molecule has 0 aliphatic heterocycles. The van der Waals surface area contributed by atoms with Gasteiger partial charge >= 0.3 is 0 Å². The second-order valence-corrected chi connectivity index (χ2v) is 8.64. The lowest BCUT2D eigenvalue weighted by Gasteiger charge is -2.12. The molecule has 0 atom stereocenters. The normalized spacial score (nSPS) is 11.6. The van der Waals surface area contributed by atoms with E-state index in [1.807, 2.05) is 12.1 Å². The average molecular weight is 436 g/mol. The van der Waals surface area contributed by atoms with Gasteiger partial charge in [-0.15, -0.1) is 11.3 Å². The van der Waals surface area contributed by atoms with Crippen LogP contribution in [0.4, 0.5) is 5.69 Å². The van der Waals surface area contributed by atoms with Crippen LogP contribution in [0.1, 0.15) is 9.67 Å². The van der Waals surface area contributed by atoms with E-state index in [2.05, 4.69) is 27.9 Å². The number of nitrogens with one attached hydrogen (secondary N) is 1. The van der Waals surface area contributed by atoms with Crippen LogP contribution in [0.2, 0.25) is 0 Å². The van der Waals surface area contributed by atoms with Gasteiger partial charge in [0, 0.05) is 23.4 Å². The van der Waals surface area contributed by atoms with Crippen molar-refractivity contribution in [1.29, 1.82) is 0 Å². The molecule has 0 spiro atoms. The van der Waals surface area contributed by atoms with Crippen molar-refractivity contribution in [2.24, 2.45) is 0 Å². The Morgan fingerprint density at radius 1 is 1.19 bits per heavy atom. The number of carbonyl (C=O) groups excluding carboxylic acids is 1. The summed E-state index contributed by atoms with van der Waals surface area (Å²) < 4.78 is 26.5. The first-order valence-electron chi connectivity index (χ1n) is 5.89. The van der Waals surface area contributed by atoms with Crippen LogP contribution in [0.3, 0.4) is 0 Å². The first-order valence-corrected chi connectivity index (χ1v) is 9.29. The Labute approximate surface area is 141 Å². The highest BCUT2D eigenvalue weighted by Crippen LogP contribution is 2.25. The minimum atomic E-state index is -3.63. The molecule has 112 valence electrons. The zero-order chi connectivity index (χ0) is 15.6. The molecule has 5 nitrogen and oxygen atoms in total. The van der Waals surface area contributed by atoms with Crippen molar-refractivity contribution < 1.29 is 13.2 Å². The fourth-order valence-electron chi connectivity index (χ4n) is 1.58. The first-order chi connectivity index (χ1) is 9.82. The first kappa shape index (κ1) is 16.4. The molecule has 2 rings (SSSR count). The molecule has 1 N–H and O–H groups in total. The molecule has 0 unspecified atom stereocenters. The standard InChI is InChI=1S/C13H13IN2O3S2/c1-16(2)21(18,19)11-7-8-20-12(11)13(17)15-10-5-3-9(14)4-6-10/h3-8H,1-2H3,(H,15,17). The van der Waals surface area contributed by atoms with Gasteiger partial charge in [-0.1, -0.05) is 0 Å². The Kier molecular flexibility index (Phi) is 5.02. The molecule has 1 amide bonds. The molecule has 0 fully saturated rings. The van der Waals surface area contributed by atoms with Crippen molar-refractivity contribution >= 4 is 55.5 Å². The fourth-order valence-corrected chi connectivity index (χ4v) is 4.13. The molecule has 0 bridgehead atoms. The van der Waals surface area contributed by atoms with Crippen molar-refractivity contribution in [2.75, 3.05) is 19.4 Å². The van der Waals surface area contributed by atoms with Gasteiger partial charge in [-0.05, 0) is 58.3 Å². The smallest absolute Gasteiger partial charge is 0.267 e. The van der Waals surface area contributed by atoms with Crippen molar-refractivity contribution in [3.8, 4) is 0 Å². The van der Waals surface area contributed by atoms with E-state index in [9.17, 15) is 13.2 Å². The number of amides is 1. The van der Waals surface area contributed by atoms with Crippen LogP contribution in [0.5, 0.6) is 0 Å². The Bertz CT molecular complexity index is 752. The highest BCUT2D eigenvalue weighted by Gasteiger charge is 2.25. The molecule has 21 heavy (non-hydrogen) atoms. The van der Waals surface area contributed by atoms with E-state index in [0.717, 1.165) is 19.2 Å². The van der Waals surface area contributed by atoms with E-state index in [1.54, 1.807) is 17.5 Å². The van der Waals surface area contributed by atoms with Crippen LogP contribution in [-0.4, -0.2) is 32.7 Å². The summed E-state index contributed by atoms with van der Waals surface area (Å²) in [6.45, 7) is 0. The van der Waals surface area contributed by atoms with Gasteiger partial charge in [0.2, 0.25) is 10.0 Å². The van der Waals surface area contributed by atoms with E-state index in [0.29, 0.717) is 5.69 Å². The van der Waals surface area contributed by atoms with Gasteiger partial charge in [0.05, 0.1) is 0 Å². The quantitative estimate of drug-likeness (QED) is 0.750. The number of sulfonamides is 1.